The minimum Gasteiger partial charge on any atom is -0.482 e. The smallest absolute Gasteiger partial charge is 0.305 e. The molecule has 48 heavy (non-hydrogen) atoms. The monoisotopic (exact) mass is 677 g/mol. The number of aliphatic hydroxyl groups excluding tert-OH is 1. The lowest BCUT2D eigenvalue weighted by atomic mass is 9.82. The Labute approximate surface area is 280 Å². The average molecular weight is 678 g/mol. The van der Waals surface area contributed by atoms with E-state index in [0.29, 0.717) is 72.8 Å². The maximum absolute atomic E-state index is 14.8. The molecule has 0 unspecified atom stereocenters. The van der Waals surface area contributed by atoms with Crippen molar-refractivity contribution >= 4 is 43.2 Å². The van der Waals surface area contributed by atoms with E-state index < -0.39 is 25.9 Å². The van der Waals surface area contributed by atoms with Crippen LogP contribution in [-0.2, 0) is 42.4 Å². The minimum absolute atomic E-state index is 0.0266. The predicted molar refractivity (Wildman–Crippen MR) is 178 cm³/mol. The van der Waals surface area contributed by atoms with Crippen molar-refractivity contribution < 1.29 is 38.5 Å². The SMILES string of the molecule is COC(=O)CCCCN1C(=O)[C@@]2(O[C@@H](CCn3cc(CCO)nn3)[C@H]([Si](C)(C)O)[C@H]2C)c2cc(N3C(=O)COc4ccccc43)ccc21. The number of para-hydroxylation sites is 2. The molecule has 2 aromatic carbocycles. The first-order valence-electron chi connectivity index (χ1n) is 16.5. The lowest BCUT2D eigenvalue weighted by Gasteiger charge is -2.33. The Morgan fingerprint density at radius 3 is 2.67 bits per heavy atom. The second-order valence-corrected chi connectivity index (χ2v) is 17.2. The number of carbonyl (C=O) groups is 3. The molecule has 1 spiro atoms. The zero-order chi connectivity index (χ0) is 34.2. The van der Waals surface area contributed by atoms with Gasteiger partial charge in [-0.25, -0.2) is 0 Å². The van der Waals surface area contributed by atoms with Crippen molar-refractivity contribution in [1.82, 2.24) is 15.0 Å². The van der Waals surface area contributed by atoms with E-state index in [1.165, 1.54) is 7.11 Å². The van der Waals surface area contributed by atoms with Crippen LogP contribution < -0.4 is 14.5 Å². The molecule has 0 saturated carbocycles. The third-order valence-corrected chi connectivity index (χ3v) is 12.3. The summed E-state index contributed by atoms with van der Waals surface area (Å²) in [6, 6.07) is 12.9. The van der Waals surface area contributed by atoms with E-state index in [0.717, 1.165) is 0 Å². The highest BCUT2D eigenvalue weighted by Gasteiger charge is 2.66. The van der Waals surface area contributed by atoms with E-state index in [4.69, 9.17) is 14.2 Å². The highest BCUT2D eigenvalue weighted by Crippen LogP contribution is 2.60. The molecule has 2 N–H and O–H groups in total. The zero-order valence-electron chi connectivity index (χ0n) is 27.8. The topological polar surface area (TPSA) is 157 Å². The van der Waals surface area contributed by atoms with Gasteiger partial charge in [0, 0.05) is 61.4 Å². The molecule has 1 saturated heterocycles. The Balaban J connectivity index is 1.39. The molecule has 4 atom stereocenters. The van der Waals surface area contributed by atoms with Gasteiger partial charge in [-0.2, -0.15) is 0 Å². The van der Waals surface area contributed by atoms with E-state index >= 15 is 0 Å². The molecule has 1 fully saturated rings. The number of carbonyl (C=O) groups excluding carboxylic acids is 3. The van der Waals surface area contributed by atoms with Crippen molar-refractivity contribution in [3.8, 4) is 5.75 Å². The summed E-state index contributed by atoms with van der Waals surface area (Å²) < 4.78 is 19.2. The van der Waals surface area contributed by atoms with Gasteiger partial charge in [0.2, 0.25) is 0 Å². The van der Waals surface area contributed by atoms with Gasteiger partial charge in [0.1, 0.15) is 5.75 Å². The van der Waals surface area contributed by atoms with Crippen molar-refractivity contribution in [3.63, 3.8) is 0 Å². The molecule has 256 valence electrons. The third kappa shape index (κ3) is 6.02. The second kappa shape index (κ2) is 13.4. The molecule has 1 aromatic heterocycles. The fourth-order valence-electron chi connectivity index (χ4n) is 7.66. The maximum Gasteiger partial charge on any atom is 0.305 e. The molecule has 3 aliphatic heterocycles. The molecule has 13 nitrogen and oxygen atoms in total. The molecular formula is C34H43N5O8Si. The lowest BCUT2D eigenvalue weighted by Crippen LogP contribution is -2.46. The largest absolute Gasteiger partial charge is 0.482 e. The van der Waals surface area contributed by atoms with Crippen LogP contribution in [0.2, 0.25) is 18.6 Å². The number of esters is 1. The van der Waals surface area contributed by atoms with Crippen LogP contribution in [-0.4, -0.2) is 84.0 Å². The number of nitrogens with zero attached hydrogens (tertiary/aromatic N) is 5. The van der Waals surface area contributed by atoms with Crippen LogP contribution in [0.15, 0.2) is 48.7 Å². The van der Waals surface area contributed by atoms with Gasteiger partial charge in [-0.05, 0) is 62.7 Å². The molecule has 2 amide bonds. The number of methoxy groups -OCH3 is 1. The number of anilines is 3. The van der Waals surface area contributed by atoms with Crippen LogP contribution in [0.25, 0.3) is 0 Å². The Morgan fingerprint density at radius 1 is 1.12 bits per heavy atom. The van der Waals surface area contributed by atoms with Crippen molar-refractivity contribution in [2.45, 2.75) is 75.9 Å². The van der Waals surface area contributed by atoms with Gasteiger partial charge in [-0.15, -0.1) is 5.10 Å². The van der Waals surface area contributed by atoms with E-state index in [2.05, 4.69) is 10.3 Å². The summed E-state index contributed by atoms with van der Waals surface area (Å²) in [4.78, 5) is 54.9. The van der Waals surface area contributed by atoms with E-state index in [1.807, 2.05) is 62.5 Å². The number of aliphatic hydroxyl groups is 1. The standard InChI is InChI=1S/C34H43N5O8Si/c1-22-32(48(3,4)44)29(14-17-37-20-23(15-18-40)35-36-37)47-34(22)25-19-24(39-27-9-5-6-10-28(27)46-21-30(39)41)12-13-26(25)38(33(34)43)16-8-7-11-31(42)45-2/h5-6,9-10,12-13,19-20,22,29,32,40,44H,7-8,11,14-18,21H2,1-4H3/t22-,29+,32-,34+/m1/s1. The number of rotatable bonds is 12. The average Bonchev–Trinajstić information content (AvgIpc) is 3.71. The van der Waals surface area contributed by atoms with E-state index in [-0.39, 0.29) is 43.0 Å². The Morgan fingerprint density at radius 2 is 1.92 bits per heavy atom. The first-order valence-corrected chi connectivity index (χ1v) is 19.5. The van der Waals surface area contributed by atoms with Gasteiger partial charge in [-0.3, -0.25) is 24.0 Å². The fraction of sp³-hybridized carbons (Fsp3) is 0.500. The fourth-order valence-corrected chi connectivity index (χ4v) is 10.3. The highest BCUT2D eigenvalue weighted by molar-refractivity contribution is 6.71. The summed E-state index contributed by atoms with van der Waals surface area (Å²) in [5, 5.41) is 17.6. The molecule has 3 aliphatic rings. The number of hydrogen-bond donors (Lipinski definition) is 2. The number of aromatic nitrogens is 3. The number of benzene rings is 2. The van der Waals surface area contributed by atoms with Crippen LogP contribution in [0.3, 0.4) is 0 Å². The molecule has 3 aromatic rings. The van der Waals surface area contributed by atoms with Crippen LogP contribution >= 0.6 is 0 Å². The van der Waals surface area contributed by atoms with Gasteiger partial charge in [0.15, 0.2) is 20.5 Å². The molecular weight excluding hydrogens is 634 g/mol. The quantitative estimate of drug-likeness (QED) is 0.165. The van der Waals surface area contributed by atoms with Crippen molar-refractivity contribution in [1.29, 1.82) is 0 Å². The first kappa shape index (κ1) is 33.8. The number of ether oxygens (including phenoxy) is 3. The molecule has 6 rings (SSSR count). The number of unbranched alkanes of at least 4 members (excludes halogenated alkanes) is 1. The Hall–Kier alpha value is -4.11. The summed E-state index contributed by atoms with van der Waals surface area (Å²) in [6.45, 7) is 6.40. The molecule has 0 radical (unpaired) electrons. The summed E-state index contributed by atoms with van der Waals surface area (Å²) in [7, 11) is -1.56. The van der Waals surface area contributed by atoms with Gasteiger partial charge >= 0.3 is 5.97 Å². The van der Waals surface area contributed by atoms with E-state index in [1.54, 1.807) is 20.7 Å². The van der Waals surface area contributed by atoms with Crippen molar-refractivity contribution in [2.24, 2.45) is 5.92 Å². The van der Waals surface area contributed by atoms with Crippen LogP contribution in [0.5, 0.6) is 5.75 Å². The van der Waals surface area contributed by atoms with Crippen LogP contribution in [0, 0.1) is 5.92 Å². The number of fused-ring (bicyclic) bond motifs is 3. The Kier molecular flexibility index (Phi) is 9.44. The van der Waals surface area contributed by atoms with Gasteiger partial charge in [0.05, 0.1) is 30.3 Å². The van der Waals surface area contributed by atoms with Gasteiger partial charge in [0.25, 0.3) is 11.8 Å². The normalized spacial score (nSPS) is 23.4. The van der Waals surface area contributed by atoms with E-state index in [9.17, 15) is 24.3 Å². The summed E-state index contributed by atoms with van der Waals surface area (Å²) >= 11 is 0. The van der Waals surface area contributed by atoms with Crippen LogP contribution in [0.4, 0.5) is 17.1 Å². The predicted octanol–water partition coefficient (Wildman–Crippen LogP) is 3.45. The van der Waals surface area contributed by atoms with Crippen molar-refractivity contribution in [3.05, 3.63) is 59.9 Å². The molecule has 0 bridgehead atoms. The minimum atomic E-state index is -2.92. The number of aryl methyl sites for hydroxylation is 1. The third-order valence-electron chi connectivity index (χ3n) is 9.77. The molecule has 0 aliphatic carbocycles. The summed E-state index contributed by atoms with van der Waals surface area (Å²) in [6.07, 6.45) is 3.56. The summed E-state index contributed by atoms with van der Waals surface area (Å²) in [5.41, 5.74) is 1.50. The molecule has 4 heterocycles. The maximum atomic E-state index is 14.8. The molecule has 14 heteroatoms. The highest BCUT2D eigenvalue weighted by atomic mass is 28.4. The van der Waals surface area contributed by atoms with Gasteiger partial charge in [-0.1, -0.05) is 24.3 Å². The van der Waals surface area contributed by atoms with Crippen LogP contribution in [0.1, 0.15) is 43.9 Å². The summed E-state index contributed by atoms with van der Waals surface area (Å²) in [5.74, 6) is -0.566. The Bertz CT molecular complexity index is 1690. The lowest BCUT2D eigenvalue weighted by molar-refractivity contribution is -0.146. The van der Waals surface area contributed by atoms with Crippen molar-refractivity contribution in [2.75, 3.05) is 36.7 Å². The first-order chi connectivity index (χ1) is 23.0. The second-order valence-electron chi connectivity index (χ2n) is 13.3. The van der Waals surface area contributed by atoms with Gasteiger partial charge < -0.3 is 29.0 Å². The zero-order valence-corrected chi connectivity index (χ0v) is 28.8. The number of amides is 2. The number of hydrogen-bond acceptors (Lipinski definition) is 10.